The van der Waals surface area contributed by atoms with E-state index in [1.165, 1.54) is 22.4 Å². The van der Waals surface area contributed by atoms with Crippen molar-refractivity contribution in [1.29, 1.82) is 0 Å². The van der Waals surface area contributed by atoms with E-state index < -0.39 is 49.1 Å². The number of carboxylic acids is 1. The van der Waals surface area contributed by atoms with Crippen LogP contribution in [0.25, 0.3) is 0 Å². The number of nitrogens with one attached hydrogen (secondary N) is 2. The number of aromatic carboxylic acids is 1. The van der Waals surface area contributed by atoms with E-state index in [1.54, 1.807) is 13.0 Å². The van der Waals surface area contributed by atoms with Crippen molar-refractivity contribution >= 4 is 47.3 Å². The third-order valence-electron chi connectivity index (χ3n) is 6.03. The van der Waals surface area contributed by atoms with Gasteiger partial charge >= 0.3 is 13.1 Å². The predicted molar refractivity (Wildman–Crippen MR) is 130 cm³/mol. The number of anilines is 1. The lowest BCUT2D eigenvalue weighted by Gasteiger charge is -2.36. The zero-order chi connectivity index (χ0) is 26.9. The fourth-order valence-corrected chi connectivity index (χ4v) is 4.79. The highest BCUT2D eigenvalue weighted by molar-refractivity contribution is 7.13. The van der Waals surface area contributed by atoms with Gasteiger partial charge < -0.3 is 30.9 Å². The highest BCUT2D eigenvalue weighted by Gasteiger charge is 2.40. The number of carbonyl (C=O) groups is 4. The summed E-state index contributed by atoms with van der Waals surface area (Å²) in [6.07, 6.45) is -1.50. The number of aliphatic hydroxyl groups excluding tert-OH is 1. The summed E-state index contributed by atoms with van der Waals surface area (Å²) >= 11 is 1.07. The molecule has 3 heterocycles. The van der Waals surface area contributed by atoms with Gasteiger partial charge in [0.2, 0.25) is 17.7 Å². The van der Waals surface area contributed by atoms with E-state index in [-0.39, 0.29) is 48.2 Å². The molecule has 1 fully saturated rings. The normalized spacial score (nSPS) is 19.7. The number of fused-ring (bicyclic) bond motifs is 1. The Kier molecular flexibility index (Phi) is 7.75. The summed E-state index contributed by atoms with van der Waals surface area (Å²) in [5, 5.41) is 37.6. The molecular weight excluding hydrogens is 507 g/mol. The monoisotopic (exact) mass is 532 g/mol. The largest absolute Gasteiger partial charge is 0.547 e. The number of para-hydroxylation sites is 1. The molecule has 3 amide bonds. The number of carbonyl (C=O) groups excluding carboxylic acids is 3. The zero-order valence-corrected chi connectivity index (χ0v) is 20.5. The maximum Gasteiger partial charge on any atom is 0.547 e. The fourth-order valence-electron chi connectivity index (χ4n) is 4.20. The highest BCUT2D eigenvalue weighted by Crippen LogP contribution is 2.30. The Labute approximate surface area is 215 Å². The van der Waals surface area contributed by atoms with Crippen LogP contribution in [0.4, 0.5) is 5.13 Å². The zero-order valence-electron chi connectivity index (χ0n) is 19.7. The van der Waals surface area contributed by atoms with Crippen LogP contribution in [0.2, 0.25) is 0 Å². The number of hydrogen-bond acceptors (Lipinski definition) is 12. The van der Waals surface area contributed by atoms with Crippen LogP contribution >= 0.6 is 11.3 Å². The molecule has 16 heteroatoms. The summed E-state index contributed by atoms with van der Waals surface area (Å²) < 4.78 is 5.42. The number of likely N-dealkylation sites (N-methyl/N-ethyl adjacent to an activating group) is 1. The molecule has 0 spiro atoms. The summed E-state index contributed by atoms with van der Waals surface area (Å²) in [5.74, 6) is -3.84. The van der Waals surface area contributed by atoms with Crippen LogP contribution in [-0.2, 0) is 20.8 Å². The van der Waals surface area contributed by atoms with Crippen molar-refractivity contribution < 1.29 is 39.1 Å². The van der Waals surface area contributed by atoms with Crippen LogP contribution in [-0.4, -0.2) is 92.8 Å². The van der Waals surface area contributed by atoms with Gasteiger partial charge in [0.1, 0.15) is 11.8 Å². The first-order valence-corrected chi connectivity index (χ1v) is 12.2. The third-order valence-corrected chi connectivity index (χ3v) is 6.72. The second-order valence-electron chi connectivity index (χ2n) is 8.45. The van der Waals surface area contributed by atoms with Gasteiger partial charge in [-0.05, 0) is 25.0 Å². The molecule has 2 aliphatic heterocycles. The van der Waals surface area contributed by atoms with Gasteiger partial charge in [-0.15, -0.1) is 11.3 Å². The Bertz CT molecular complexity index is 1210. The average molecular weight is 532 g/mol. The van der Waals surface area contributed by atoms with Gasteiger partial charge in [-0.25, -0.2) is 14.7 Å². The second kappa shape index (κ2) is 10.8. The van der Waals surface area contributed by atoms with Crippen molar-refractivity contribution in [2.45, 2.75) is 31.7 Å². The van der Waals surface area contributed by atoms with Gasteiger partial charge in [-0.1, -0.05) is 12.1 Å². The van der Waals surface area contributed by atoms with Crippen molar-refractivity contribution in [3.8, 4) is 5.75 Å². The number of aromatic nitrogens is 1. The summed E-state index contributed by atoms with van der Waals surface area (Å²) in [4.78, 5) is 55.6. The van der Waals surface area contributed by atoms with E-state index in [2.05, 4.69) is 15.6 Å². The molecule has 37 heavy (non-hydrogen) atoms. The van der Waals surface area contributed by atoms with E-state index >= 15 is 0 Å². The van der Waals surface area contributed by atoms with Crippen LogP contribution in [0.15, 0.2) is 23.6 Å². The third kappa shape index (κ3) is 5.57. The molecular formula is C21H25BN6O8S. The summed E-state index contributed by atoms with van der Waals surface area (Å²) in [6, 6.07) is 3.22. The maximum atomic E-state index is 13.3. The molecule has 7 N–H and O–H groups in total. The smallest absolute Gasteiger partial charge is 0.534 e. The van der Waals surface area contributed by atoms with E-state index in [1.807, 2.05) is 0 Å². The van der Waals surface area contributed by atoms with Crippen LogP contribution in [0, 0.1) is 0 Å². The summed E-state index contributed by atoms with van der Waals surface area (Å²) in [5.41, 5.74) is 6.26. The Morgan fingerprint density at radius 1 is 1.32 bits per heavy atom. The van der Waals surface area contributed by atoms with Gasteiger partial charge in [0.25, 0.3) is 0 Å². The standard InChI is InChI=1S/C21H25BN6O8S/c1-2-28-14(29)7-27(8-15(28)30)21(34)26-16(12-9-37-20(23)24-12)18(31)25-13-6-10-4-3-5-11(19(32)33)17(10)36-22(13)35/h3-5,9,13,16,21,26,34-35H,2,6-8H2,1H3,(H2,23,24)(H,25,31)(H,32,33)/t13-,16?,21?/m0/s1. The number of aliphatic hydroxyl groups is 1. The number of nitrogens with zero attached hydrogens (tertiary/aromatic N) is 3. The first-order chi connectivity index (χ1) is 17.6. The number of imide groups is 1. The van der Waals surface area contributed by atoms with Gasteiger partial charge in [0, 0.05) is 11.9 Å². The molecule has 4 rings (SSSR count). The van der Waals surface area contributed by atoms with Gasteiger partial charge in [-0.3, -0.25) is 24.6 Å². The molecule has 196 valence electrons. The van der Waals surface area contributed by atoms with Gasteiger partial charge in [0.15, 0.2) is 11.5 Å². The van der Waals surface area contributed by atoms with Gasteiger partial charge in [0.05, 0.1) is 30.3 Å². The van der Waals surface area contributed by atoms with Crippen LogP contribution < -0.4 is 21.0 Å². The molecule has 0 bridgehead atoms. The van der Waals surface area contributed by atoms with E-state index in [4.69, 9.17) is 10.4 Å². The number of piperazine rings is 1. The Morgan fingerprint density at radius 2 is 2.03 bits per heavy atom. The molecule has 14 nitrogen and oxygen atoms in total. The van der Waals surface area contributed by atoms with E-state index in [0.29, 0.717) is 5.56 Å². The lowest BCUT2D eigenvalue weighted by atomic mass is 9.72. The Morgan fingerprint density at radius 3 is 2.62 bits per heavy atom. The summed E-state index contributed by atoms with van der Waals surface area (Å²) in [7, 11) is -1.56. The molecule has 1 aromatic carbocycles. The molecule has 2 aromatic rings. The number of hydrogen-bond donors (Lipinski definition) is 6. The number of nitrogens with two attached hydrogens (primary N) is 1. The molecule has 2 unspecified atom stereocenters. The maximum absolute atomic E-state index is 13.3. The molecule has 1 aromatic heterocycles. The van der Waals surface area contributed by atoms with Gasteiger partial charge in [-0.2, -0.15) is 0 Å². The number of rotatable bonds is 8. The van der Waals surface area contributed by atoms with Crippen molar-refractivity contribution in [2.24, 2.45) is 0 Å². The van der Waals surface area contributed by atoms with Crippen molar-refractivity contribution in [1.82, 2.24) is 25.4 Å². The second-order valence-corrected chi connectivity index (χ2v) is 9.34. The minimum Gasteiger partial charge on any atom is -0.534 e. The molecule has 2 aliphatic rings. The molecule has 1 saturated heterocycles. The average Bonchev–Trinajstić information content (AvgIpc) is 3.27. The highest BCUT2D eigenvalue weighted by atomic mass is 32.1. The van der Waals surface area contributed by atoms with E-state index in [0.717, 1.165) is 16.2 Å². The topological polar surface area (TPSA) is 208 Å². The molecule has 0 saturated carbocycles. The number of nitrogen functional groups attached to an aromatic ring is 1. The lowest BCUT2D eigenvalue weighted by molar-refractivity contribution is -0.158. The lowest BCUT2D eigenvalue weighted by Crippen LogP contribution is -2.61. The first-order valence-electron chi connectivity index (χ1n) is 11.3. The molecule has 0 radical (unpaired) electrons. The van der Waals surface area contributed by atoms with Crippen molar-refractivity contribution in [3.05, 3.63) is 40.4 Å². The molecule has 0 aliphatic carbocycles. The predicted octanol–water partition coefficient (Wildman–Crippen LogP) is -1.84. The Hall–Kier alpha value is -3.57. The van der Waals surface area contributed by atoms with Crippen LogP contribution in [0.3, 0.4) is 0 Å². The van der Waals surface area contributed by atoms with Crippen molar-refractivity contribution in [2.75, 3.05) is 25.4 Å². The fraction of sp³-hybridized carbons (Fsp3) is 0.381. The number of carboxylic acid groups (broad SMARTS) is 1. The number of benzene rings is 1. The molecule has 3 atom stereocenters. The minimum atomic E-state index is -1.57. The SMILES string of the molecule is CCN1C(=O)CN(C(O)NC(C(=O)N[C@H]2Cc3cccc(C(=O)O)c3OB2O)c2csc(N)n2)CC1=O. The number of thiazole rings is 1. The van der Waals surface area contributed by atoms with Crippen LogP contribution in [0.5, 0.6) is 5.75 Å². The first kappa shape index (κ1) is 26.5. The number of amides is 3. The van der Waals surface area contributed by atoms with Crippen molar-refractivity contribution in [3.63, 3.8) is 0 Å². The minimum absolute atomic E-state index is 0.0194. The van der Waals surface area contributed by atoms with E-state index in [9.17, 15) is 34.4 Å². The summed E-state index contributed by atoms with van der Waals surface area (Å²) in [6.45, 7) is 1.37. The quantitative estimate of drug-likeness (QED) is 0.126. The van der Waals surface area contributed by atoms with Crippen LogP contribution in [0.1, 0.15) is 34.6 Å². The Balaban J connectivity index is 1.51.